The van der Waals surface area contributed by atoms with Crippen molar-refractivity contribution in [2.45, 2.75) is 12.8 Å². The second-order valence-electron chi connectivity index (χ2n) is 7.37. The van der Waals surface area contributed by atoms with Gasteiger partial charge in [-0.3, -0.25) is 14.6 Å². The number of aliphatic imine (C=N–C) groups is 1. The molecule has 33 heavy (non-hydrogen) atoms. The number of carbonyl (C=O) groups is 2. The molecule has 4 rings (SSSR count). The van der Waals surface area contributed by atoms with E-state index in [-0.39, 0.29) is 18.7 Å². The molecule has 3 aromatic carbocycles. The van der Waals surface area contributed by atoms with Gasteiger partial charge in [-0.15, -0.1) is 0 Å². The zero-order chi connectivity index (χ0) is 23.2. The number of hydrogen-bond acceptors (Lipinski definition) is 5. The van der Waals surface area contributed by atoms with Crippen molar-refractivity contribution in [2.24, 2.45) is 4.99 Å². The maximum absolute atomic E-state index is 12.6. The maximum atomic E-state index is 12.6. The van der Waals surface area contributed by atoms with Crippen LogP contribution in [0.5, 0.6) is 0 Å². The lowest BCUT2D eigenvalue weighted by Gasteiger charge is -2.10. The molecule has 160 valence electrons. The molecule has 0 saturated heterocycles. The van der Waals surface area contributed by atoms with E-state index in [0.29, 0.717) is 39.3 Å². The third-order valence-corrected chi connectivity index (χ3v) is 5.08. The van der Waals surface area contributed by atoms with Gasteiger partial charge in [-0.25, -0.2) is 0 Å². The van der Waals surface area contributed by atoms with Crippen molar-refractivity contribution in [2.75, 3.05) is 12.4 Å². The molecule has 0 atom stereocenters. The van der Waals surface area contributed by atoms with Crippen LogP contribution in [0.3, 0.4) is 0 Å². The average molecular weight is 433 g/mol. The number of anilines is 1. The number of fused-ring (bicyclic) bond motifs is 1. The third kappa shape index (κ3) is 5.15. The van der Waals surface area contributed by atoms with Crippen LogP contribution in [0.1, 0.15) is 34.2 Å². The van der Waals surface area contributed by atoms with Crippen molar-refractivity contribution in [3.63, 3.8) is 0 Å². The number of ether oxygens (including phenoxy) is 1. The molecule has 3 aromatic rings. The fourth-order valence-electron chi connectivity index (χ4n) is 3.44. The quantitative estimate of drug-likeness (QED) is 0.496. The maximum Gasteiger partial charge on any atom is 0.310 e. The van der Waals surface area contributed by atoms with Crippen LogP contribution in [0.25, 0.3) is 0 Å². The van der Waals surface area contributed by atoms with E-state index in [2.05, 4.69) is 23.2 Å². The number of benzene rings is 3. The van der Waals surface area contributed by atoms with Gasteiger partial charge in [-0.2, -0.15) is 5.26 Å². The van der Waals surface area contributed by atoms with E-state index in [0.717, 1.165) is 5.56 Å². The second kappa shape index (κ2) is 9.64. The number of nitriles is 1. The van der Waals surface area contributed by atoms with Crippen LogP contribution < -0.4 is 5.32 Å². The predicted octanol–water partition coefficient (Wildman–Crippen LogP) is 4.14. The molecule has 0 bridgehead atoms. The molecule has 0 unspecified atom stereocenters. The first-order valence-corrected chi connectivity index (χ1v) is 10.2. The topological polar surface area (TPSA) is 91.5 Å². The second-order valence-corrected chi connectivity index (χ2v) is 7.37. The molecular weight excluding hydrogens is 414 g/mol. The summed E-state index contributed by atoms with van der Waals surface area (Å²) < 4.78 is 4.85. The van der Waals surface area contributed by atoms with Crippen molar-refractivity contribution in [1.82, 2.24) is 0 Å². The van der Waals surface area contributed by atoms with E-state index < -0.39 is 5.97 Å². The fraction of sp³-hybridized carbons (Fsp3) is 0.111. The summed E-state index contributed by atoms with van der Waals surface area (Å²) in [7, 11) is 1.33. The highest BCUT2D eigenvalue weighted by Gasteiger charge is 2.20. The molecule has 1 heterocycles. The lowest BCUT2D eigenvalue weighted by atomic mass is 10.0. The Bertz CT molecular complexity index is 1370. The monoisotopic (exact) mass is 433 g/mol. The minimum atomic E-state index is -0.402. The Morgan fingerprint density at radius 2 is 1.85 bits per heavy atom. The average Bonchev–Trinajstić information content (AvgIpc) is 3.00. The van der Waals surface area contributed by atoms with E-state index in [1.54, 1.807) is 30.3 Å². The van der Waals surface area contributed by atoms with Gasteiger partial charge in [-0.05, 0) is 47.5 Å². The number of carbonyl (C=O) groups excluding carboxylic acids is 2. The van der Waals surface area contributed by atoms with Crippen molar-refractivity contribution in [1.29, 1.82) is 5.26 Å². The van der Waals surface area contributed by atoms with Crippen LogP contribution in [-0.4, -0.2) is 24.7 Å². The number of hydrogen-bond donors (Lipinski definition) is 1. The van der Waals surface area contributed by atoms with E-state index in [1.165, 1.54) is 7.11 Å². The molecule has 1 amide bonds. The number of nitrogens with one attached hydrogen (secondary N) is 1. The van der Waals surface area contributed by atoms with Gasteiger partial charge < -0.3 is 10.1 Å². The SMILES string of the molecule is COC(=O)Cc1cc2c(cc1C#Cc1ccccc1)NC(=O)CC(c1cccc(C#N)c1)=N2. The van der Waals surface area contributed by atoms with Crippen molar-refractivity contribution in [3.8, 4) is 17.9 Å². The van der Waals surface area contributed by atoms with Gasteiger partial charge in [0.2, 0.25) is 5.91 Å². The molecule has 0 aliphatic carbocycles. The summed E-state index contributed by atoms with van der Waals surface area (Å²) in [5.74, 6) is 5.57. The highest BCUT2D eigenvalue weighted by molar-refractivity contribution is 6.17. The minimum absolute atomic E-state index is 0.0191. The van der Waals surface area contributed by atoms with E-state index in [1.807, 2.05) is 36.4 Å². The Kier molecular flexibility index (Phi) is 6.29. The highest BCUT2D eigenvalue weighted by Crippen LogP contribution is 2.33. The zero-order valence-electron chi connectivity index (χ0n) is 17.9. The third-order valence-electron chi connectivity index (χ3n) is 5.08. The Morgan fingerprint density at radius 3 is 2.61 bits per heavy atom. The van der Waals surface area contributed by atoms with Crippen molar-refractivity contribution < 1.29 is 14.3 Å². The van der Waals surface area contributed by atoms with Crippen molar-refractivity contribution in [3.05, 3.63) is 94.5 Å². The van der Waals surface area contributed by atoms with Gasteiger partial charge in [0.25, 0.3) is 0 Å². The summed E-state index contributed by atoms with van der Waals surface area (Å²) in [4.78, 5) is 29.4. The van der Waals surface area contributed by atoms with Gasteiger partial charge in [-0.1, -0.05) is 42.2 Å². The first kappa shape index (κ1) is 21.5. The lowest BCUT2D eigenvalue weighted by molar-refractivity contribution is -0.139. The Labute approximate surface area is 191 Å². The molecule has 0 spiro atoms. The molecule has 1 aliphatic heterocycles. The Hall–Kier alpha value is -4.68. The van der Waals surface area contributed by atoms with Crippen LogP contribution in [0.4, 0.5) is 11.4 Å². The summed E-state index contributed by atoms with van der Waals surface area (Å²) in [6.07, 6.45) is 0.0756. The molecule has 0 radical (unpaired) electrons. The predicted molar refractivity (Wildman–Crippen MR) is 125 cm³/mol. The van der Waals surface area contributed by atoms with Gasteiger partial charge in [0.15, 0.2) is 0 Å². The van der Waals surface area contributed by atoms with Crippen LogP contribution in [-0.2, 0) is 20.7 Å². The first-order chi connectivity index (χ1) is 16.1. The summed E-state index contributed by atoms with van der Waals surface area (Å²) in [5.41, 5.74) is 4.83. The number of amides is 1. The van der Waals surface area contributed by atoms with Gasteiger partial charge >= 0.3 is 5.97 Å². The summed E-state index contributed by atoms with van der Waals surface area (Å²) in [6.45, 7) is 0. The molecule has 6 heteroatoms. The highest BCUT2D eigenvalue weighted by atomic mass is 16.5. The van der Waals surface area contributed by atoms with E-state index >= 15 is 0 Å². The number of nitrogens with zero attached hydrogens (tertiary/aromatic N) is 2. The van der Waals surface area contributed by atoms with E-state index in [4.69, 9.17) is 9.73 Å². The largest absolute Gasteiger partial charge is 0.469 e. The summed E-state index contributed by atoms with van der Waals surface area (Å²) in [5, 5.41) is 12.1. The molecular formula is C27H19N3O3. The number of rotatable bonds is 3. The number of esters is 1. The number of methoxy groups -OCH3 is 1. The zero-order valence-corrected chi connectivity index (χ0v) is 17.9. The Balaban J connectivity index is 1.82. The van der Waals surface area contributed by atoms with Gasteiger partial charge in [0.05, 0.1) is 48.7 Å². The van der Waals surface area contributed by atoms with Crippen molar-refractivity contribution >= 4 is 29.0 Å². The Morgan fingerprint density at radius 1 is 1.06 bits per heavy atom. The van der Waals surface area contributed by atoms with Crippen LogP contribution in [0.15, 0.2) is 71.7 Å². The van der Waals surface area contributed by atoms with Gasteiger partial charge in [0.1, 0.15) is 0 Å². The molecule has 1 aliphatic rings. The molecule has 0 saturated carbocycles. The summed E-state index contributed by atoms with van der Waals surface area (Å²) >= 11 is 0. The molecule has 0 fully saturated rings. The standard InChI is InChI=1S/C27H19N3O3/c1-33-27(32)15-22-14-24-25(13-20(22)11-10-18-6-3-2-4-7-18)30-26(31)16-23(29-24)21-9-5-8-19(12-21)17-28/h2-9,12-14H,15-16H2,1H3,(H,30,31). The minimum Gasteiger partial charge on any atom is -0.469 e. The smallest absolute Gasteiger partial charge is 0.310 e. The van der Waals surface area contributed by atoms with Crippen LogP contribution >= 0.6 is 0 Å². The van der Waals surface area contributed by atoms with Crippen LogP contribution in [0, 0.1) is 23.2 Å². The normalized spacial score (nSPS) is 12.1. The van der Waals surface area contributed by atoms with Gasteiger partial charge in [0, 0.05) is 11.1 Å². The fourth-order valence-corrected chi connectivity index (χ4v) is 3.44. The van der Waals surface area contributed by atoms with E-state index in [9.17, 15) is 14.9 Å². The molecule has 0 aromatic heterocycles. The van der Waals surface area contributed by atoms with Crippen LogP contribution in [0.2, 0.25) is 0 Å². The summed E-state index contributed by atoms with van der Waals surface area (Å²) in [6, 6.07) is 22.0. The molecule has 6 nitrogen and oxygen atoms in total. The first-order valence-electron chi connectivity index (χ1n) is 10.2. The lowest BCUT2D eigenvalue weighted by Crippen LogP contribution is -2.15. The molecule has 1 N–H and O–H groups in total.